The number of benzene rings is 1. The van der Waals surface area contributed by atoms with Gasteiger partial charge < -0.3 is 10.6 Å². The van der Waals surface area contributed by atoms with E-state index in [-0.39, 0.29) is 17.4 Å². The highest BCUT2D eigenvalue weighted by molar-refractivity contribution is 5.96. The van der Waals surface area contributed by atoms with Gasteiger partial charge in [0.2, 0.25) is 5.91 Å². The quantitative estimate of drug-likeness (QED) is 0.869. The van der Waals surface area contributed by atoms with Crippen molar-refractivity contribution in [3.63, 3.8) is 0 Å². The van der Waals surface area contributed by atoms with Crippen molar-refractivity contribution < 1.29 is 9.59 Å². The highest BCUT2D eigenvalue weighted by atomic mass is 16.2. The molecule has 5 aliphatic rings. The van der Waals surface area contributed by atoms with E-state index in [0.717, 1.165) is 67.9 Å². The minimum absolute atomic E-state index is 0.0402. The first-order chi connectivity index (χ1) is 12.6. The van der Waals surface area contributed by atoms with Gasteiger partial charge in [-0.3, -0.25) is 9.69 Å². The van der Waals surface area contributed by atoms with Gasteiger partial charge in [-0.15, -0.1) is 0 Å². The molecule has 0 radical (unpaired) electrons. The number of nitrogens with zero attached hydrogens (tertiary/aromatic N) is 1. The van der Waals surface area contributed by atoms with Gasteiger partial charge in [-0.2, -0.15) is 0 Å². The third-order valence-corrected chi connectivity index (χ3v) is 7.04. The van der Waals surface area contributed by atoms with E-state index < -0.39 is 0 Å². The summed E-state index contributed by atoms with van der Waals surface area (Å²) >= 11 is 0. The highest BCUT2D eigenvalue weighted by Crippen LogP contribution is 2.60. The Labute approximate surface area is 154 Å². The Hall–Kier alpha value is -2.04. The minimum Gasteiger partial charge on any atom is -0.338 e. The van der Waals surface area contributed by atoms with Crippen LogP contribution in [0.2, 0.25) is 0 Å². The molecular weight excluding hydrogens is 326 g/mol. The Morgan fingerprint density at radius 3 is 2.23 bits per heavy atom. The fraction of sp³-hybridized carbons (Fsp3) is 0.619. The van der Waals surface area contributed by atoms with Gasteiger partial charge in [0.05, 0.1) is 5.41 Å². The van der Waals surface area contributed by atoms with Crippen LogP contribution in [0.5, 0.6) is 0 Å². The zero-order valence-corrected chi connectivity index (χ0v) is 15.2. The van der Waals surface area contributed by atoms with Crippen LogP contribution in [0.25, 0.3) is 0 Å². The van der Waals surface area contributed by atoms with Crippen LogP contribution >= 0.6 is 0 Å². The number of nitrogens with one attached hydrogen (secondary N) is 2. The van der Waals surface area contributed by atoms with Gasteiger partial charge in [-0.25, -0.2) is 4.79 Å². The molecular formula is C21H27N3O2. The summed E-state index contributed by atoms with van der Waals surface area (Å²) in [5.41, 5.74) is 1.60. The molecule has 0 spiro atoms. The molecule has 138 valence electrons. The van der Waals surface area contributed by atoms with E-state index in [9.17, 15) is 9.59 Å². The number of hydrogen-bond donors (Lipinski definition) is 2. The molecule has 4 aliphatic carbocycles. The highest BCUT2D eigenvalue weighted by Gasteiger charge is 2.54. The first kappa shape index (κ1) is 16.2. The molecule has 26 heavy (non-hydrogen) atoms. The third kappa shape index (κ3) is 2.68. The zero-order valence-electron chi connectivity index (χ0n) is 15.2. The number of amides is 3. The lowest BCUT2D eigenvalue weighted by molar-refractivity contribution is -0.140. The van der Waals surface area contributed by atoms with Crippen LogP contribution in [0.3, 0.4) is 0 Å². The van der Waals surface area contributed by atoms with Gasteiger partial charge in [0, 0.05) is 24.5 Å². The number of urea groups is 1. The molecule has 0 unspecified atom stereocenters. The van der Waals surface area contributed by atoms with Crippen molar-refractivity contribution in [3.8, 4) is 0 Å². The monoisotopic (exact) mass is 353 g/mol. The Morgan fingerprint density at radius 2 is 1.65 bits per heavy atom. The van der Waals surface area contributed by atoms with Crippen molar-refractivity contribution in [2.45, 2.75) is 44.9 Å². The van der Waals surface area contributed by atoms with E-state index in [1.807, 2.05) is 24.3 Å². The Bertz CT molecular complexity index is 692. The summed E-state index contributed by atoms with van der Waals surface area (Å²) in [5.74, 6) is 2.53. The molecule has 3 amide bonds. The van der Waals surface area contributed by atoms with Gasteiger partial charge in [0.1, 0.15) is 0 Å². The van der Waals surface area contributed by atoms with Crippen molar-refractivity contribution in [2.75, 3.05) is 23.3 Å². The number of carbonyl (C=O) groups excluding carboxylic acids is 2. The Kier molecular flexibility index (Phi) is 3.73. The molecule has 5 fully saturated rings. The standard InChI is InChI=1S/C21H27N3O2/c25-19(21-11-14-8-15(12-21)10-16(9-14)13-21)23-17-2-4-18(5-3-17)24-7-1-6-22-20(24)26/h2-5,14-16H,1,6-13H2,(H,22,26)(H,23,25). The van der Waals surface area contributed by atoms with Crippen LogP contribution in [-0.2, 0) is 4.79 Å². The molecule has 1 saturated heterocycles. The molecule has 4 bridgehead atoms. The molecule has 1 heterocycles. The van der Waals surface area contributed by atoms with Crippen LogP contribution in [-0.4, -0.2) is 25.0 Å². The summed E-state index contributed by atoms with van der Waals surface area (Å²) in [6, 6.07) is 7.67. The fourth-order valence-electron chi connectivity index (χ4n) is 6.25. The van der Waals surface area contributed by atoms with Crippen LogP contribution in [0.4, 0.5) is 16.2 Å². The van der Waals surface area contributed by atoms with E-state index in [2.05, 4.69) is 10.6 Å². The molecule has 5 nitrogen and oxygen atoms in total. The lowest BCUT2D eigenvalue weighted by atomic mass is 9.49. The average Bonchev–Trinajstić information content (AvgIpc) is 2.62. The molecule has 1 aromatic carbocycles. The normalized spacial score (nSPS) is 35.3. The van der Waals surface area contributed by atoms with Crippen LogP contribution in [0.1, 0.15) is 44.9 Å². The molecule has 5 heteroatoms. The van der Waals surface area contributed by atoms with Crippen molar-refractivity contribution in [2.24, 2.45) is 23.2 Å². The average molecular weight is 353 g/mol. The SMILES string of the molecule is O=C1NCCCN1c1ccc(NC(=O)C23CC4CC(CC(C4)C2)C3)cc1. The van der Waals surface area contributed by atoms with Crippen molar-refractivity contribution in [3.05, 3.63) is 24.3 Å². The number of rotatable bonds is 3. The topological polar surface area (TPSA) is 61.4 Å². The molecule has 4 saturated carbocycles. The van der Waals surface area contributed by atoms with Crippen LogP contribution in [0, 0.1) is 23.2 Å². The summed E-state index contributed by atoms with van der Waals surface area (Å²) in [7, 11) is 0. The summed E-state index contributed by atoms with van der Waals surface area (Å²) in [5, 5.41) is 6.05. The maximum Gasteiger partial charge on any atom is 0.321 e. The van der Waals surface area contributed by atoms with E-state index in [1.165, 1.54) is 19.3 Å². The first-order valence-corrected chi connectivity index (χ1v) is 10.1. The summed E-state index contributed by atoms with van der Waals surface area (Å²) < 4.78 is 0. The predicted octanol–water partition coefficient (Wildman–Crippen LogP) is 3.76. The second kappa shape index (κ2) is 6.00. The zero-order chi connectivity index (χ0) is 17.7. The minimum atomic E-state index is -0.125. The molecule has 1 aromatic rings. The maximum atomic E-state index is 13.1. The maximum absolute atomic E-state index is 13.1. The number of anilines is 2. The van der Waals surface area contributed by atoms with E-state index >= 15 is 0 Å². The largest absolute Gasteiger partial charge is 0.338 e. The summed E-state index contributed by atoms with van der Waals surface area (Å²) in [6.45, 7) is 1.49. The van der Waals surface area contributed by atoms with Gasteiger partial charge in [0.15, 0.2) is 0 Å². The van der Waals surface area contributed by atoms with Gasteiger partial charge >= 0.3 is 6.03 Å². The second-order valence-corrected chi connectivity index (χ2v) is 8.94. The predicted molar refractivity (Wildman–Crippen MR) is 101 cm³/mol. The molecule has 1 aliphatic heterocycles. The lowest BCUT2D eigenvalue weighted by Gasteiger charge is -2.55. The van der Waals surface area contributed by atoms with Crippen molar-refractivity contribution >= 4 is 23.3 Å². The number of hydrogen-bond acceptors (Lipinski definition) is 2. The fourth-order valence-corrected chi connectivity index (χ4v) is 6.25. The first-order valence-electron chi connectivity index (χ1n) is 10.1. The van der Waals surface area contributed by atoms with Crippen LogP contribution < -0.4 is 15.5 Å². The summed E-state index contributed by atoms with van der Waals surface area (Å²) in [6.07, 6.45) is 8.23. The van der Waals surface area contributed by atoms with E-state index in [4.69, 9.17) is 0 Å². The third-order valence-electron chi connectivity index (χ3n) is 7.04. The van der Waals surface area contributed by atoms with Crippen LogP contribution in [0.15, 0.2) is 24.3 Å². The van der Waals surface area contributed by atoms with E-state index in [0.29, 0.717) is 0 Å². The van der Waals surface area contributed by atoms with Crippen molar-refractivity contribution in [1.29, 1.82) is 0 Å². The molecule has 0 atom stereocenters. The molecule has 2 N–H and O–H groups in total. The van der Waals surface area contributed by atoms with Gasteiger partial charge in [-0.1, -0.05) is 0 Å². The van der Waals surface area contributed by atoms with Crippen molar-refractivity contribution in [1.82, 2.24) is 5.32 Å². The van der Waals surface area contributed by atoms with Gasteiger partial charge in [-0.05, 0) is 87.0 Å². The Balaban J connectivity index is 1.29. The second-order valence-electron chi connectivity index (χ2n) is 8.94. The smallest absolute Gasteiger partial charge is 0.321 e. The summed E-state index contributed by atoms with van der Waals surface area (Å²) in [4.78, 5) is 26.8. The molecule has 0 aromatic heterocycles. The van der Waals surface area contributed by atoms with E-state index in [1.54, 1.807) is 4.90 Å². The molecule has 6 rings (SSSR count). The number of carbonyl (C=O) groups is 2. The van der Waals surface area contributed by atoms with Gasteiger partial charge in [0.25, 0.3) is 0 Å². The lowest BCUT2D eigenvalue weighted by Crippen LogP contribution is -2.51. The Morgan fingerprint density at radius 1 is 1.04 bits per heavy atom.